The first-order valence-corrected chi connectivity index (χ1v) is 9.96. The lowest BCUT2D eigenvalue weighted by Gasteiger charge is -2.21. The van der Waals surface area contributed by atoms with Crippen LogP contribution < -0.4 is 0 Å². The van der Waals surface area contributed by atoms with Crippen molar-refractivity contribution >= 4 is 29.5 Å². The molecule has 0 bridgehead atoms. The lowest BCUT2D eigenvalue weighted by atomic mass is 9.81. The van der Waals surface area contributed by atoms with Gasteiger partial charge in [0.1, 0.15) is 6.54 Å². The Morgan fingerprint density at radius 2 is 1.68 bits per heavy atom. The molecule has 1 aliphatic carbocycles. The van der Waals surface area contributed by atoms with E-state index in [1.807, 2.05) is 30.5 Å². The zero-order chi connectivity index (χ0) is 18.0. The lowest BCUT2D eigenvalue weighted by molar-refractivity contribution is -0.146. The van der Waals surface area contributed by atoms with Gasteiger partial charge in [0.05, 0.1) is 11.8 Å². The summed E-state index contributed by atoms with van der Waals surface area (Å²) < 4.78 is 0. The number of imide groups is 1. The number of likely N-dealkylation sites (N-methyl/N-ethyl adjacent to an activating group) is 1. The third kappa shape index (κ3) is 3.73. The fraction of sp³-hybridized carbons (Fsp3) is 0.526. The van der Waals surface area contributed by atoms with Crippen LogP contribution in [0.5, 0.6) is 0 Å². The van der Waals surface area contributed by atoms with E-state index >= 15 is 0 Å². The van der Waals surface area contributed by atoms with E-state index in [4.69, 9.17) is 0 Å². The molecule has 3 rings (SSSR count). The van der Waals surface area contributed by atoms with Gasteiger partial charge in [-0.25, -0.2) is 0 Å². The van der Waals surface area contributed by atoms with Gasteiger partial charge in [0.25, 0.3) is 0 Å². The summed E-state index contributed by atoms with van der Waals surface area (Å²) in [6.45, 7) is 0.334. The Hall–Kier alpha value is -1.82. The van der Waals surface area contributed by atoms with Crippen LogP contribution in [-0.2, 0) is 20.9 Å². The fourth-order valence-corrected chi connectivity index (χ4v) is 4.14. The number of hydrogen-bond donors (Lipinski definition) is 0. The van der Waals surface area contributed by atoms with Crippen LogP contribution in [0.25, 0.3) is 0 Å². The molecule has 1 aromatic carbocycles. The molecule has 0 aromatic heterocycles. The molecule has 0 spiro atoms. The van der Waals surface area contributed by atoms with Crippen molar-refractivity contribution in [2.45, 2.75) is 37.1 Å². The minimum atomic E-state index is -0.200. The molecule has 2 atom stereocenters. The Morgan fingerprint density at radius 1 is 1.12 bits per heavy atom. The average molecular weight is 360 g/mol. The number of amides is 3. The van der Waals surface area contributed by atoms with Crippen LogP contribution in [0.15, 0.2) is 29.2 Å². The smallest absolute Gasteiger partial charge is 0.242 e. The van der Waals surface area contributed by atoms with E-state index < -0.39 is 0 Å². The molecule has 1 saturated heterocycles. The van der Waals surface area contributed by atoms with Crippen molar-refractivity contribution in [3.8, 4) is 0 Å². The Bertz CT molecular complexity index is 650. The summed E-state index contributed by atoms with van der Waals surface area (Å²) in [5.41, 5.74) is 1.03. The predicted octanol–water partition coefficient (Wildman–Crippen LogP) is 2.54. The second kappa shape index (κ2) is 7.60. The molecule has 2 aliphatic rings. The van der Waals surface area contributed by atoms with Gasteiger partial charge in [0.15, 0.2) is 0 Å². The van der Waals surface area contributed by atoms with Gasteiger partial charge in [-0.3, -0.25) is 19.3 Å². The van der Waals surface area contributed by atoms with E-state index in [9.17, 15) is 14.4 Å². The summed E-state index contributed by atoms with van der Waals surface area (Å²) in [4.78, 5) is 41.4. The van der Waals surface area contributed by atoms with Gasteiger partial charge in [-0.1, -0.05) is 25.0 Å². The summed E-state index contributed by atoms with van der Waals surface area (Å²) in [7, 11) is 1.71. The molecule has 2 fully saturated rings. The van der Waals surface area contributed by atoms with Gasteiger partial charge >= 0.3 is 0 Å². The number of carbonyl (C=O) groups is 3. The Morgan fingerprint density at radius 3 is 2.20 bits per heavy atom. The monoisotopic (exact) mass is 360 g/mol. The molecule has 1 saturated carbocycles. The third-order valence-corrected chi connectivity index (χ3v) is 5.97. The first-order valence-electron chi connectivity index (χ1n) is 8.73. The van der Waals surface area contributed by atoms with Crippen molar-refractivity contribution in [1.82, 2.24) is 9.80 Å². The molecule has 0 N–H and O–H groups in total. The molecule has 0 radical (unpaired) electrons. The van der Waals surface area contributed by atoms with Crippen LogP contribution in [0.2, 0.25) is 0 Å². The minimum Gasteiger partial charge on any atom is -0.340 e. The largest absolute Gasteiger partial charge is 0.340 e. The molecule has 134 valence electrons. The molecule has 1 aliphatic heterocycles. The second-order valence-electron chi connectivity index (χ2n) is 6.86. The standard InChI is InChI=1S/C19H24N2O3S/c1-20(11-13-7-9-14(25-2)10-8-13)17(22)12-21-18(23)15-5-3-4-6-16(15)19(21)24/h7-10,15-16H,3-6,11-12H2,1-2H3. The minimum absolute atomic E-state index is 0.135. The summed E-state index contributed by atoms with van der Waals surface area (Å²) in [6, 6.07) is 8.04. The van der Waals surface area contributed by atoms with Crippen molar-refractivity contribution < 1.29 is 14.4 Å². The number of benzene rings is 1. The molecule has 1 aromatic rings. The van der Waals surface area contributed by atoms with Gasteiger partial charge in [0.2, 0.25) is 17.7 Å². The average Bonchev–Trinajstić information content (AvgIpc) is 2.87. The highest BCUT2D eigenvalue weighted by molar-refractivity contribution is 7.98. The molecule has 5 nitrogen and oxygen atoms in total. The summed E-state index contributed by atoms with van der Waals surface area (Å²) in [6.07, 6.45) is 5.56. The molecule has 3 amide bonds. The SMILES string of the molecule is CSc1ccc(CN(C)C(=O)CN2C(=O)C3CCCCC3C2=O)cc1. The normalized spacial score (nSPS) is 22.9. The maximum atomic E-state index is 12.5. The maximum Gasteiger partial charge on any atom is 0.242 e. The maximum absolute atomic E-state index is 12.5. The number of thioether (sulfide) groups is 1. The van der Waals surface area contributed by atoms with Crippen LogP contribution in [0.3, 0.4) is 0 Å². The van der Waals surface area contributed by atoms with Crippen LogP contribution in [0, 0.1) is 11.8 Å². The van der Waals surface area contributed by atoms with Crippen LogP contribution in [-0.4, -0.2) is 47.4 Å². The number of nitrogens with zero attached hydrogens (tertiary/aromatic N) is 2. The number of hydrogen-bond acceptors (Lipinski definition) is 4. The highest BCUT2D eigenvalue weighted by Crippen LogP contribution is 2.37. The first-order chi connectivity index (χ1) is 12.0. The summed E-state index contributed by atoms with van der Waals surface area (Å²) >= 11 is 1.67. The molecule has 25 heavy (non-hydrogen) atoms. The predicted molar refractivity (Wildman–Crippen MR) is 96.9 cm³/mol. The van der Waals surface area contributed by atoms with Gasteiger partial charge in [-0.15, -0.1) is 11.8 Å². The Balaban J connectivity index is 1.60. The van der Waals surface area contributed by atoms with Crippen LogP contribution in [0.4, 0.5) is 0 Å². The first kappa shape index (κ1) is 18.0. The number of likely N-dealkylation sites (tertiary alicyclic amines) is 1. The van der Waals surface area contributed by atoms with Crippen molar-refractivity contribution in [3.63, 3.8) is 0 Å². The highest BCUT2D eigenvalue weighted by Gasteiger charge is 2.48. The second-order valence-corrected chi connectivity index (χ2v) is 7.74. The van der Waals surface area contributed by atoms with E-state index in [-0.39, 0.29) is 36.1 Å². The number of rotatable bonds is 5. The van der Waals surface area contributed by atoms with Crippen molar-refractivity contribution in [3.05, 3.63) is 29.8 Å². The summed E-state index contributed by atoms with van der Waals surface area (Å²) in [5.74, 6) is -0.896. The zero-order valence-electron chi connectivity index (χ0n) is 14.7. The Kier molecular flexibility index (Phi) is 5.47. The topological polar surface area (TPSA) is 57.7 Å². The number of carbonyl (C=O) groups excluding carboxylic acids is 3. The molecule has 1 heterocycles. The van der Waals surface area contributed by atoms with Gasteiger partial charge in [-0.2, -0.15) is 0 Å². The van der Waals surface area contributed by atoms with Crippen molar-refractivity contribution in [1.29, 1.82) is 0 Å². The third-order valence-electron chi connectivity index (χ3n) is 5.23. The van der Waals surface area contributed by atoms with E-state index in [1.165, 1.54) is 9.80 Å². The van der Waals surface area contributed by atoms with E-state index in [0.29, 0.717) is 6.54 Å². The highest BCUT2D eigenvalue weighted by atomic mass is 32.2. The fourth-order valence-electron chi connectivity index (χ4n) is 3.74. The van der Waals surface area contributed by atoms with Crippen LogP contribution >= 0.6 is 11.8 Å². The van der Waals surface area contributed by atoms with Crippen molar-refractivity contribution in [2.24, 2.45) is 11.8 Å². The lowest BCUT2D eigenvalue weighted by Crippen LogP contribution is -2.41. The quantitative estimate of drug-likeness (QED) is 0.598. The Labute approximate surface area is 152 Å². The number of fused-ring (bicyclic) bond motifs is 1. The van der Waals surface area contributed by atoms with E-state index in [0.717, 1.165) is 31.2 Å². The van der Waals surface area contributed by atoms with E-state index in [2.05, 4.69) is 0 Å². The van der Waals surface area contributed by atoms with Crippen LogP contribution in [0.1, 0.15) is 31.2 Å². The molecular formula is C19H24N2O3S. The van der Waals surface area contributed by atoms with Gasteiger partial charge in [0, 0.05) is 18.5 Å². The van der Waals surface area contributed by atoms with E-state index in [1.54, 1.807) is 23.7 Å². The summed E-state index contributed by atoms with van der Waals surface area (Å²) in [5, 5.41) is 0. The van der Waals surface area contributed by atoms with Gasteiger partial charge in [-0.05, 0) is 36.8 Å². The molecule has 6 heteroatoms. The van der Waals surface area contributed by atoms with Crippen molar-refractivity contribution in [2.75, 3.05) is 19.8 Å². The zero-order valence-corrected chi connectivity index (χ0v) is 15.6. The molecular weight excluding hydrogens is 336 g/mol. The molecule has 2 unspecified atom stereocenters. The van der Waals surface area contributed by atoms with Gasteiger partial charge < -0.3 is 4.90 Å².